The smallest absolute Gasteiger partial charge is 0.103 e. The average Bonchev–Trinajstić information content (AvgIpc) is 2.83. The lowest BCUT2D eigenvalue weighted by atomic mass is 10.1. The van der Waals surface area contributed by atoms with Crippen LogP contribution in [0.15, 0.2) is 53.2 Å². The molecule has 0 bridgehead atoms. The Hall–Kier alpha value is -1.98. The highest BCUT2D eigenvalue weighted by Crippen LogP contribution is 2.28. The highest BCUT2D eigenvalue weighted by atomic mass is 35.5. The second-order valence-electron chi connectivity index (χ2n) is 4.28. The molecule has 0 amide bonds. The van der Waals surface area contributed by atoms with Crippen LogP contribution in [0.3, 0.4) is 0 Å². The molecule has 0 spiro atoms. The van der Waals surface area contributed by atoms with E-state index in [4.69, 9.17) is 22.4 Å². The third-order valence-corrected chi connectivity index (χ3v) is 4.06. The molecule has 0 saturated heterocycles. The number of benzene rings is 1. The molecule has 1 heterocycles. The van der Waals surface area contributed by atoms with Gasteiger partial charge in [-0.15, -0.1) is 0 Å². The Kier molecular flexibility index (Phi) is 3.38. The van der Waals surface area contributed by atoms with Crippen LogP contribution in [0.5, 0.6) is 0 Å². The van der Waals surface area contributed by atoms with Gasteiger partial charge in [-0.1, -0.05) is 23.7 Å². The molecule has 6 heteroatoms. The minimum atomic E-state index is 0.197. The average molecular weight is 303 g/mol. The summed E-state index contributed by atoms with van der Waals surface area (Å²) in [7, 11) is 0. The summed E-state index contributed by atoms with van der Waals surface area (Å²) in [6.45, 7) is 0. The molecule has 1 aromatic carbocycles. The molecule has 0 aliphatic heterocycles. The largest absolute Gasteiger partial charge is 0.360 e. The molecule has 100 valence electrons. The highest BCUT2D eigenvalue weighted by molar-refractivity contribution is 7.97. The van der Waals surface area contributed by atoms with Gasteiger partial charge in [-0.2, -0.15) is 0 Å². The Morgan fingerprint density at radius 2 is 2.10 bits per heavy atom. The predicted octanol–water partition coefficient (Wildman–Crippen LogP) is 3.91. The van der Waals surface area contributed by atoms with Crippen LogP contribution in [0.2, 0.25) is 5.02 Å². The molecule has 0 saturated carbocycles. The molecule has 4 N–H and O–H groups in total. The van der Waals surface area contributed by atoms with Gasteiger partial charge in [0.25, 0.3) is 0 Å². The van der Waals surface area contributed by atoms with Crippen LogP contribution >= 0.6 is 23.5 Å². The molecule has 0 atom stereocenters. The Morgan fingerprint density at radius 1 is 1.25 bits per heavy atom. The molecule has 20 heavy (non-hydrogen) atoms. The topological polar surface area (TPSA) is 75.5 Å². The third-order valence-electron chi connectivity index (χ3n) is 2.94. The van der Waals surface area contributed by atoms with Gasteiger partial charge in [0, 0.05) is 22.1 Å². The molecular formula is C14H11ClN4S. The summed E-state index contributed by atoms with van der Waals surface area (Å²) >= 11 is 7.36. The molecule has 0 unspecified atom stereocenters. The van der Waals surface area contributed by atoms with E-state index in [1.807, 2.05) is 24.4 Å². The van der Waals surface area contributed by atoms with Gasteiger partial charge in [0.05, 0.1) is 16.3 Å². The van der Waals surface area contributed by atoms with Crippen LogP contribution in [-0.2, 0) is 0 Å². The van der Waals surface area contributed by atoms with Gasteiger partial charge in [-0.25, -0.2) is 0 Å². The summed E-state index contributed by atoms with van der Waals surface area (Å²) < 4.78 is 3.12. The van der Waals surface area contributed by atoms with Crippen LogP contribution in [0.25, 0.3) is 10.9 Å². The summed E-state index contributed by atoms with van der Waals surface area (Å²) in [5.74, 6) is 0. The summed E-state index contributed by atoms with van der Waals surface area (Å²) in [6.07, 6.45) is 7.05. The Balaban J connectivity index is 1.81. The van der Waals surface area contributed by atoms with E-state index in [0.717, 1.165) is 15.8 Å². The van der Waals surface area contributed by atoms with Crippen LogP contribution in [-0.4, -0.2) is 16.4 Å². The first-order valence-corrected chi connectivity index (χ1v) is 7.10. The zero-order chi connectivity index (χ0) is 14.1. The molecule has 4 nitrogen and oxygen atoms in total. The first-order valence-electron chi connectivity index (χ1n) is 5.91. The van der Waals surface area contributed by atoms with E-state index in [9.17, 15) is 0 Å². The van der Waals surface area contributed by atoms with Crippen LogP contribution in [0.4, 0.5) is 0 Å². The molecule has 1 aliphatic rings. The Labute approximate surface area is 125 Å². The number of H-pyrrole nitrogens is 1. The van der Waals surface area contributed by atoms with Gasteiger partial charge >= 0.3 is 0 Å². The summed E-state index contributed by atoms with van der Waals surface area (Å²) in [4.78, 5) is 4.18. The molecular weight excluding hydrogens is 292 g/mol. The number of halogens is 1. The lowest BCUT2D eigenvalue weighted by Crippen LogP contribution is -2.22. The van der Waals surface area contributed by atoms with E-state index in [1.54, 1.807) is 18.2 Å². The standard InChI is InChI=1S/C14H11ClN4S/c15-8-4-5-9-12(6-8)18-7-13(9)20-19-11-3-1-2-10(16)14(11)17/h1-7,16-19H. The van der Waals surface area contributed by atoms with E-state index in [1.165, 1.54) is 11.9 Å². The fourth-order valence-electron chi connectivity index (χ4n) is 1.90. The van der Waals surface area contributed by atoms with Crippen LogP contribution in [0, 0.1) is 10.8 Å². The van der Waals surface area contributed by atoms with Crippen molar-refractivity contribution in [1.29, 1.82) is 10.8 Å². The maximum absolute atomic E-state index is 7.83. The maximum atomic E-state index is 7.83. The number of aromatic nitrogens is 1. The number of hydrogen-bond acceptors (Lipinski definition) is 4. The van der Waals surface area contributed by atoms with E-state index >= 15 is 0 Å². The lowest BCUT2D eigenvalue weighted by molar-refractivity contribution is 1.28. The molecule has 0 fully saturated rings. The Morgan fingerprint density at radius 3 is 2.95 bits per heavy atom. The van der Waals surface area contributed by atoms with Crippen LogP contribution in [0.1, 0.15) is 0 Å². The molecule has 1 aromatic heterocycles. The zero-order valence-corrected chi connectivity index (χ0v) is 11.9. The van der Waals surface area contributed by atoms with Crippen molar-refractivity contribution >= 4 is 45.9 Å². The van der Waals surface area contributed by atoms with E-state index in [2.05, 4.69) is 9.71 Å². The number of fused-ring (bicyclic) bond motifs is 1. The van der Waals surface area contributed by atoms with Gasteiger partial charge < -0.3 is 9.71 Å². The van der Waals surface area contributed by atoms with Crippen molar-refractivity contribution in [3.8, 4) is 0 Å². The minimum absolute atomic E-state index is 0.197. The fourth-order valence-corrected chi connectivity index (χ4v) is 2.87. The summed E-state index contributed by atoms with van der Waals surface area (Å²) in [5.41, 5.74) is 2.01. The second-order valence-corrected chi connectivity index (χ2v) is 5.56. The summed E-state index contributed by atoms with van der Waals surface area (Å²) in [6, 6.07) is 5.68. The van der Waals surface area contributed by atoms with Gasteiger partial charge in [0.2, 0.25) is 0 Å². The quantitative estimate of drug-likeness (QED) is 0.512. The minimum Gasteiger partial charge on any atom is -0.360 e. The van der Waals surface area contributed by atoms with Crippen molar-refractivity contribution in [2.24, 2.45) is 0 Å². The number of nitrogens with one attached hydrogen (secondary N) is 4. The normalized spacial score (nSPS) is 14.8. The van der Waals surface area contributed by atoms with Crippen molar-refractivity contribution in [2.45, 2.75) is 4.90 Å². The van der Waals surface area contributed by atoms with Crippen molar-refractivity contribution < 1.29 is 0 Å². The Bertz CT molecular complexity index is 773. The SMILES string of the molecule is N=C1C=CC=C(NSc2c[nH]c3cc(Cl)ccc23)C1=N. The molecule has 1 aliphatic carbocycles. The van der Waals surface area contributed by atoms with E-state index < -0.39 is 0 Å². The molecule has 3 rings (SSSR count). The van der Waals surface area contributed by atoms with Crippen molar-refractivity contribution in [1.82, 2.24) is 9.71 Å². The van der Waals surface area contributed by atoms with Gasteiger partial charge in [-0.3, -0.25) is 10.8 Å². The third kappa shape index (κ3) is 2.37. The van der Waals surface area contributed by atoms with Gasteiger partial charge in [-0.05, 0) is 36.2 Å². The van der Waals surface area contributed by atoms with E-state index in [0.29, 0.717) is 10.7 Å². The maximum Gasteiger partial charge on any atom is 0.103 e. The highest BCUT2D eigenvalue weighted by Gasteiger charge is 2.13. The van der Waals surface area contributed by atoms with Crippen molar-refractivity contribution in [3.05, 3.63) is 53.3 Å². The monoisotopic (exact) mass is 302 g/mol. The molecule has 0 radical (unpaired) electrons. The number of rotatable bonds is 3. The van der Waals surface area contributed by atoms with Gasteiger partial charge in [0.1, 0.15) is 5.71 Å². The van der Waals surface area contributed by atoms with Crippen molar-refractivity contribution in [3.63, 3.8) is 0 Å². The molecule has 2 aromatic rings. The predicted molar refractivity (Wildman–Crippen MR) is 85.0 cm³/mol. The fraction of sp³-hybridized carbons (Fsp3) is 0. The number of aromatic amines is 1. The lowest BCUT2D eigenvalue weighted by Gasteiger charge is -2.12. The second kappa shape index (κ2) is 5.19. The van der Waals surface area contributed by atoms with E-state index in [-0.39, 0.29) is 11.4 Å². The summed E-state index contributed by atoms with van der Waals surface area (Å²) in [5, 5.41) is 17.2. The first kappa shape index (κ1) is 13.0. The zero-order valence-electron chi connectivity index (χ0n) is 10.3. The first-order chi connectivity index (χ1) is 9.65. The number of hydrogen-bond donors (Lipinski definition) is 4. The number of allylic oxidation sites excluding steroid dienone is 4. The van der Waals surface area contributed by atoms with Crippen LogP contribution < -0.4 is 4.72 Å². The van der Waals surface area contributed by atoms with Crippen molar-refractivity contribution in [2.75, 3.05) is 0 Å². The van der Waals surface area contributed by atoms with Gasteiger partial charge in [0.15, 0.2) is 0 Å².